The molecule has 0 aromatic heterocycles. The molecule has 158 valence electrons. The van der Waals surface area contributed by atoms with Crippen molar-refractivity contribution in [3.63, 3.8) is 0 Å². The van der Waals surface area contributed by atoms with Crippen LogP contribution in [-0.4, -0.2) is 11.6 Å². The number of hydrogen-bond donors (Lipinski definition) is 2. The quantitative estimate of drug-likeness (QED) is 0.416. The summed E-state index contributed by atoms with van der Waals surface area (Å²) in [6, 6.07) is 7.26. The van der Waals surface area contributed by atoms with Gasteiger partial charge in [0.15, 0.2) is 11.6 Å². The number of fused-ring (bicyclic) bond motifs is 2. The second kappa shape index (κ2) is 8.25. The van der Waals surface area contributed by atoms with Crippen LogP contribution in [0.15, 0.2) is 24.3 Å². The van der Waals surface area contributed by atoms with E-state index in [2.05, 4.69) is 6.92 Å². The van der Waals surface area contributed by atoms with Crippen molar-refractivity contribution in [1.29, 1.82) is 0 Å². The molecular weight excluding hydrogens is 372 g/mol. The van der Waals surface area contributed by atoms with Crippen molar-refractivity contribution in [1.82, 2.24) is 0 Å². The normalized spacial score (nSPS) is 20.7. The predicted molar refractivity (Wildman–Crippen MR) is 122 cm³/mol. The van der Waals surface area contributed by atoms with Gasteiger partial charge in [0.05, 0.1) is 11.1 Å². The van der Waals surface area contributed by atoms with E-state index in [0.29, 0.717) is 39.5 Å². The number of unbranched alkanes of at least 4 members (excludes halogenated alkanes) is 2. The molecule has 4 heteroatoms. The van der Waals surface area contributed by atoms with E-state index in [-0.39, 0.29) is 11.6 Å². The first-order valence-electron chi connectivity index (χ1n) is 11.3. The van der Waals surface area contributed by atoms with Gasteiger partial charge in [0.1, 0.15) is 0 Å². The fourth-order valence-electron chi connectivity index (χ4n) is 5.30. The van der Waals surface area contributed by atoms with E-state index in [4.69, 9.17) is 11.5 Å². The van der Waals surface area contributed by atoms with Crippen LogP contribution in [0.2, 0.25) is 0 Å². The number of anilines is 2. The lowest BCUT2D eigenvalue weighted by Gasteiger charge is -2.31. The fourth-order valence-corrected chi connectivity index (χ4v) is 5.30. The van der Waals surface area contributed by atoms with E-state index in [0.717, 1.165) is 29.9 Å². The second-order valence-electron chi connectivity index (χ2n) is 9.08. The molecule has 30 heavy (non-hydrogen) atoms. The Labute approximate surface area is 179 Å². The third-order valence-electron chi connectivity index (χ3n) is 7.19. The summed E-state index contributed by atoms with van der Waals surface area (Å²) in [6.07, 6.45) is 9.87. The Balaban J connectivity index is 1.61. The molecule has 4 rings (SSSR count). The van der Waals surface area contributed by atoms with E-state index < -0.39 is 0 Å². The highest BCUT2D eigenvalue weighted by Crippen LogP contribution is 2.43. The van der Waals surface area contributed by atoms with Gasteiger partial charge in [-0.2, -0.15) is 0 Å². The summed E-state index contributed by atoms with van der Waals surface area (Å²) in [4.78, 5) is 26.4. The molecule has 1 fully saturated rings. The molecule has 2 aliphatic rings. The van der Waals surface area contributed by atoms with Crippen molar-refractivity contribution in [3.8, 4) is 0 Å². The zero-order chi connectivity index (χ0) is 21.4. The van der Waals surface area contributed by atoms with Crippen LogP contribution in [0.3, 0.4) is 0 Å². The standard InChI is InChI=1S/C26H32N2O2/c1-3-4-5-6-16-8-10-17(11-9-16)18-13-14-20-22(24(18)28)26(30)19-12-7-15(2)23(27)21(19)25(20)29/h7,12-14,16-17H,3-6,8-11,27-28H2,1-2H3/t16-,17-. The van der Waals surface area contributed by atoms with Crippen LogP contribution in [0.4, 0.5) is 11.4 Å². The van der Waals surface area contributed by atoms with Gasteiger partial charge in [0.2, 0.25) is 0 Å². The number of rotatable bonds is 5. The molecule has 0 spiro atoms. The van der Waals surface area contributed by atoms with E-state index in [9.17, 15) is 9.59 Å². The van der Waals surface area contributed by atoms with Gasteiger partial charge < -0.3 is 11.5 Å². The van der Waals surface area contributed by atoms with E-state index in [1.54, 1.807) is 18.2 Å². The van der Waals surface area contributed by atoms with Crippen molar-refractivity contribution in [2.24, 2.45) is 5.92 Å². The molecule has 4 N–H and O–H groups in total. The van der Waals surface area contributed by atoms with Gasteiger partial charge in [0, 0.05) is 22.5 Å². The average Bonchev–Trinajstić information content (AvgIpc) is 2.74. The summed E-state index contributed by atoms with van der Waals surface area (Å²) < 4.78 is 0. The topological polar surface area (TPSA) is 86.2 Å². The van der Waals surface area contributed by atoms with Crippen molar-refractivity contribution >= 4 is 22.9 Å². The summed E-state index contributed by atoms with van der Waals surface area (Å²) in [5.74, 6) is 0.802. The Bertz CT molecular complexity index is 1000. The molecule has 0 aliphatic heterocycles. The Morgan fingerprint density at radius 3 is 2.07 bits per heavy atom. The summed E-state index contributed by atoms with van der Waals surface area (Å²) >= 11 is 0. The van der Waals surface area contributed by atoms with E-state index in [1.165, 1.54) is 38.5 Å². The highest BCUT2D eigenvalue weighted by molar-refractivity contribution is 6.31. The number of benzene rings is 2. The molecule has 0 heterocycles. The first-order chi connectivity index (χ1) is 14.4. The largest absolute Gasteiger partial charge is 0.398 e. The molecule has 2 aromatic carbocycles. The number of ketones is 2. The highest BCUT2D eigenvalue weighted by Gasteiger charge is 2.35. The average molecular weight is 405 g/mol. The highest BCUT2D eigenvalue weighted by atomic mass is 16.1. The molecule has 0 amide bonds. The summed E-state index contributed by atoms with van der Waals surface area (Å²) in [5, 5.41) is 0. The minimum atomic E-state index is -0.196. The lowest BCUT2D eigenvalue weighted by molar-refractivity contribution is 0.0980. The molecule has 2 aromatic rings. The zero-order valence-electron chi connectivity index (χ0n) is 18.1. The molecule has 0 radical (unpaired) electrons. The molecule has 1 saturated carbocycles. The molecule has 0 bridgehead atoms. The monoisotopic (exact) mass is 404 g/mol. The molecule has 4 nitrogen and oxygen atoms in total. The van der Waals surface area contributed by atoms with Crippen molar-refractivity contribution in [2.45, 2.75) is 71.1 Å². The summed E-state index contributed by atoms with van der Waals surface area (Å²) in [7, 11) is 0. The minimum absolute atomic E-state index is 0.182. The number of hydrogen-bond acceptors (Lipinski definition) is 4. The molecule has 0 atom stereocenters. The van der Waals surface area contributed by atoms with Gasteiger partial charge in [-0.15, -0.1) is 0 Å². The second-order valence-corrected chi connectivity index (χ2v) is 9.08. The van der Waals surface area contributed by atoms with Crippen LogP contribution in [0.1, 0.15) is 107 Å². The maximum absolute atomic E-state index is 13.3. The van der Waals surface area contributed by atoms with Crippen LogP contribution < -0.4 is 11.5 Å². The maximum Gasteiger partial charge on any atom is 0.196 e. The lowest BCUT2D eigenvalue weighted by Crippen LogP contribution is -2.25. The molecule has 2 aliphatic carbocycles. The third-order valence-corrected chi connectivity index (χ3v) is 7.19. The zero-order valence-corrected chi connectivity index (χ0v) is 18.1. The smallest absolute Gasteiger partial charge is 0.196 e. The Hall–Kier alpha value is -2.62. The number of nitrogen functional groups attached to an aromatic ring is 2. The van der Waals surface area contributed by atoms with E-state index in [1.807, 2.05) is 13.0 Å². The number of carbonyl (C=O) groups is 2. The van der Waals surface area contributed by atoms with E-state index >= 15 is 0 Å². The number of nitrogens with two attached hydrogens (primary N) is 2. The SMILES string of the molecule is CCCCC[C@H]1CC[C@H](c2ccc3c(c2N)C(=O)c2ccc(C)c(N)c2C3=O)CC1. The first-order valence-corrected chi connectivity index (χ1v) is 11.3. The Kier molecular flexibility index (Phi) is 5.68. The molecular formula is C26H32N2O2. The van der Waals surface area contributed by atoms with Gasteiger partial charge in [-0.1, -0.05) is 44.7 Å². The molecule has 0 unspecified atom stereocenters. The molecule has 0 saturated heterocycles. The van der Waals surface area contributed by atoms with Crippen molar-refractivity contribution < 1.29 is 9.59 Å². The van der Waals surface area contributed by atoms with Gasteiger partial charge in [-0.3, -0.25) is 9.59 Å². The van der Waals surface area contributed by atoms with Crippen molar-refractivity contribution in [3.05, 3.63) is 57.6 Å². The predicted octanol–water partition coefficient (Wildman–Crippen LogP) is 5.79. The minimum Gasteiger partial charge on any atom is -0.398 e. The summed E-state index contributed by atoms with van der Waals surface area (Å²) in [6.45, 7) is 4.09. The fraction of sp³-hybridized carbons (Fsp3) is 0.462. The van der Waals surface area contributed by atoms with Gasteiger partial charge in [-0.05, 0) is 67.7 Å². The maximum atomic E-state index is 13.3. The van der Waals surface area contributed by atoms with Crippen molar-refractivity contribution in [2.75, 3.05) is 11.5 Å². The van der Waals surface area contributed by atoms with Gasteiger partial charge in [-0.25, -0.2) is 0 Å². The lowest BCUT2D eigenvalue weighted by atomic mass is 9.74. The Morgan fingerprint density at radius 1 is 0.833 bits per heavy atom. The number of carbonyl (C=O) groups excluding carboxylic acids is 2. The van der Waals surface area contributed by atoms with Crippen LogP contribution >= 0.6 is 0 Å². The van der Waals surface area contributed by atoms with Gasteiger partial charge >= 0.3 is 0 Å². The third kappa shape index (κ3) is 3.42. The van der Waals surface area contributed by atoms with Crippen LogP contribution in [0, 0.1) is 12.8 Å². The van der Waals surface area contributed by atoms with Crippen LogP contribution in [-0.2, 0) is 0 Å². The van der Waals surface area contributed by atoms with Crippen LogP contribution in [0.5, 0.6) is 0 Å². The Morgan fingerprint density at radius 2 is 1.43 bits per heavy atom. The van der Waals surface area contributed by atoms with Gasteiger partial charge in [0.25, 0.3) is 0 Å². The first kappa shape index (κ1) is 20.6. The summed E-state index contributed by atoms with van der Waals surface area (Å²) in [5.41, 5.74) is 16.9. The number of aryl methyl sites for hydroxylation is 1. The van der Waals surface area contributed by atoms with Crippen LogP contribution in [0.25, 0.3) is 0 Å².